The summed E-state index contributed by atoms with van der Waals surface area (Å²) in [4.78, 5) is 33.2. The minimum atomic E-state index is -0.160. The summed E-state index contributed by atoms with van der Waals surface area (Å²) < 4.78 is 5.16. The highest BCUT2D eigenvalue weighted by molar-refractivity contribution is 5.99. The van der Waals surface area contributed by atoms with Gasteiger partial charge in [0.25, 0.3) is 5.91 Å². The fourth-order valence-electron chi connectivity index (χ4n) is 3.35. The Bertz CT molecular complexity index is 903. The number of carbonyl (C=O) groups excluding carboxylic acids is 2. The molecule has 0 saturated carbocycles. The summed E-state index contributed by atoms with van der Waals surface area (Å²) in [5.74, 6) is 1.45. The van der Waals surface area contributed by atoms with Crippen molar-refractivity contribution in [3.8, 4) is 5.75 Å². The molecule has 1 aliphatic heterocycles. The minimum absolute atomic E-state index is 0.0322. The summed E-state index contributed by atoms with van der Waals surface area (Å²) in [6.45, 7) is 6.62. The Balaban J connectivity index is 1.59. The van der Waals surface area contributed by atoms with Gasteiger partial charge in [0.15, 0.2) is 0 Å². The summed E-state index contributed by atoms with van der Waals surface area (Å²) in [5, 5.41) is 2.81. The number of hydrogen-bond acceptors (Lipinski definition) is 5. The molecule has 0 unspecified atom stereocenters. The van der Waals surface area contributed by atoms with Crippen LogP contribution < -0.4 is 15.0 Å². The summed E-state index contributed by atoms with van der Waals surface area (Å²) in [7, 11) is 1.61. The van der Waals surface area contributed by atoms with Gasteiger partial charge in [-0.05, 0) is 56.7 Å². The molecule has 1 N–H and O–H groups in total. The molecule has 1 aromatic heterocycles. The zero-order valence-corrected chi connectivity index (χ0v) is 17.7. The molecule has 1 fully saturated rings. The van der Waals surface area contributed by atoms with Gasteiger partial charge in [0.1, 0.15) is 11.6 Å². The fraction of sp³-hybridized carbons (Fsp3) is 0.348. The minimum Gasteiger partial charge on any atom is -0.497 e. The summed E-state index contributed by atoms with van der Waals surface area (Å²) >= 11 is 0. The van der Waals surface area contributed by atoms with Crippen LogP contribution in [0.25, 0.3) is 0 Å². The van der Waals surface area contributed by atoms with E-state index in [0.717, 1.165) is 30.1 Å². The Morgan fingerprint density at radius 1 is 1.03 bits per heavy atom. The molecule has 7 heteroatoms. The molecule has 2 aromatic rings. The van der Waals surface area contributed by atoms with Crippen LogP contribution in [0.4, 0.5) is 11.5 Å². The third-order valence-electron chi connectivity index (χ3n) is 4.88. The average molecular weight is 409 g/mol. The first-order valence-electron chi connectivity index (χ1n) is 10.1. The van der Waals surface area contributed by atoms with E-state index in [2.05, 4.69) is 15.2 Å². The highest BCUT2D eigenvalue weighted by Gasteiger charge is 2.21. The maximum atomic E-state index is 12.8. The number of anilines is 2. The van der Waals surface area contributed by atoms with E-state index in [9.17, 15) is 9.59 Å². The van der Waals surface area contributed by atoms with Crippen LogP contribution in [0.5, 0.6) is 5.75 Å². The largest absolute Gasteiger partial charge is 0.497 e. The molecular formula is C23H28N4O3. The van der Waals surface area contributed by atoms with Crippen LogP contribution in [0.1, 0.15) is 30.6 Å². The SMILES string of the molecule is COc1ccc(C(=O)N2CCCN(c3ccc(NC(=O)C=C(C)C)cn3)CC2)cc1. The maximum absolute atomic E-state index is 12.8. The first-order valence-corrected chi connectivity index (χ1v) is 10.1. The molecule has 1 aromatic carbocycles. The Morgan fingerprint density at radius 2 is 1.80 bits per heavy atom. The number of allylic oxidation sites excluding steroid dienone is 1. The van der Waals surface area contributed by atoms with Crippen LogP contribution in [0, 0.1) is 0 Å². The second kappa shape index (κ2) is 9.91. The molecule has 1 saturated heterocycles. The lowest BCUT2D eigenvalue weighted by Gasteiger charge is -2.23. The molecule has 0 atom stereocenters. The van der Waals surface area contributed by atoms with E-state index in [-0.39, 0.29) is 11.8 Å². The highest BCUT2D eigenvalue weighted by atomic mass is 16.5. The van der Waals surface area contributed by atoms with Gasteiger partial charge in [-0.1, -0.05) is 5.57 Å². The van der Waals surface area contributed by atoms with Crippen LogP contribution in [-0.4, -0.2) is 55.0 Å². The fourth-order valence-corrected chi connectivity index (χ4v) is 3.35. The van der Waals surface area contributed by atoms with Crippen LogP contribution >= 0.6 is 0 Å². The maximum Gasteiger partial charge on any atom is 0.253 e. The van der Waals surface area contributed by atoms with E-state index in [4.69, 9.17) is 4.74 Å². The number of nitrogens with zero attached hydrogens (tertiary/aromatic N) is 3. The van der Waals surface area contributed by atoms with Gasteiger partial charge < -0.3 is 19.9 Å². The van der Waals surface area contributed by atoms with Crippen molar-refractivity contribution in [1.29, 1.82) is 0 Å². The Hall–Kier alpha value is -3.35. The van der Waals surface area contributed by atoms with Gasteiger partial charge in [0.2, 0.25) is 5.91 Å². The smallest absolute Gasteiger partial charge is 0.253 e. The van der Waals surface area contributed by atoms with Gasteiger partial charge >= 0.3 is 0 Å². The number of ether oxygens (including phenoxy) is 1. The molecule has 2 amide bonds. The van der Waals surface area contributed by atoms with Gasteiger partial charge in [-0.3, -0.25) is 9.59 Å². The van der Waals surface area contributed by atoms with Crippen LogP contribution in [0.15, 0.2) is 54.2 Å². The van der Waals surface area contributed by atoms with E-state index >= 15 is 0 Å². The molecule has 158 valence electrons. The number of carbonyl (C=O) groups is 2. The average Bonchev–Trinajstić information content (AvgIpc) is 2.99. The number of aromatic nitrogens is 1. The van der Waals surface area contributed by atoms with Crippen LogP contribution in [0.2, 0.25) is 0 Å². The number of nitrogens with one attached hydrogen (secondary N) is 1. The number of hydrogen-bond donors (Lipinski definition) is 1. The lowest BCUT2D eigenvalue weighted by atomic mass is 10.2. The molecule has 1 aliphatic rings. The Kier molecular flexibility index (Phi) is 7.06. The van der Waals surface area contributed by atoms with Crippen molar-refractivity contribution >= 4 is 23.3 Å². The first-order chi connectivity index (χ1) is 14.5. The van der Waals surface area contributed by atoms with Crippen molar-refractivity contribution in [3.05, 3.63) is 59.8 Å². The standard InChI is InChI=1S/C23H28N4O3/c1-17(2)15-22(28)25-19-7-10-21(24-16-19)26-11-4-12-27(14-13-26)23(29)18-5-8-20(30-3)9-6-18/h5-10,15-16H,4,11-14H2,1-3H3,(H,25,28). The molecular weight excluding hydrogens is 380 g/mol. The van der Waals surface area contributed by atoms with Crippen molar-refractivity contribution in [2.24, 2.45) is 0 Å². The van der Waals surface area contributed by atoms with E-state index < -0.39 is 0 Å². The van der Waals surface area contributed by atoms with Crippen LogP contribution in [0.3, 0.4) is 0 Å². The molecule has 7 nitrogen and oxygen atoms in total. The highest BCUT2D eigenvalue weighted by Crippen LogP contribution is 2.18. The molecule has 30 heavy (non-hydrogen) atoms. The van der Waals surface area contributed by atoms with E-state index in [1.54, 1.807) is 43.6 Å². The van der Waals surface area contributed by atoms with Crippen molar-refractivity contribution in [1.82, 2.24) is 9.88 Å². The molecule has 0 radical (unpaired) electrons. The molecule has 0 bridgehead atoms. The van der Waals surface area contributed by atoms with Gasteiger partial charge in [0.05, 0.1) is 19.0 Å². The molecule has 0 aliphatic carbocycles. The number of benzene rings is 1. The monoisotopic (exact) mass is 408 g/mol. The lowest BCUT2D eigenvalue weighted by molar-refractivity contribution is -0.111. The van der Waals surface area contributed by atoms with Crippen LogP contribution in [-0.2, 0) is 4.79 Å². The van der Waals surface area contributed by atoms with Gasteiger partial charge in [-0.15, -0.1) is 0 Å². The number of rotatable bonds is 5. The second-order valence-corrected chi connectivity index (χ2v) is 7.48. The molecule has 3 rings (SSSR count). The third kappa shape index (κ3) is 5.59. The summed E-state index contributed by atoms with van der Waals surface area (Å²) in [5.41, 5.74) is 2.27. The first kappa shape index (κ1) is 21.4. The molecule has 0 spiro atoms. The Morgan fingerprint density at radius 3 is 2.43 bits per heavy atom. The number of pyridine rings is 1. The predicted molar refractivity (Wildman–Crippen MR) is 118 cm³/mol. The molecule has 2 heterocycles. The number of amides is 2. The van der Waals surface area contributed by atoms with Gasteiger partial charge in [-0.25, -0.2) is 4.98 Å². The quantitative estimate of drug-likeness (QED) is 0.768. The topological polar surface area (TPSA) is 74.8 Å². The van der Waals surface area contributed by atoms with Crippen molar-refractivity contribution in [3.63, 3.8) is 0 Å². The Labute approximate surface area is 177 Å². The normalized spacial score (nSPS) is 14.0. The number of methoxy groups -OCH3 is 1. The zero-order chi connectivity index (χ0) is 21.5. The zero-order valence-electron chi connectivity index (χ0n) is 17.7. The van der Waals surface area contributed by atoms with Gasteiger partial charge in [-0.2, -0.15) is 0 Å². The summed E-state index contributed by atoms with van der Waals surface area (Å²) in [6, 6.07) is 11.0. The van der Waals surface area contributed by atoms with Crippen molar-refractivity contribution < 1.29 is 14.3 Å². The predicted octanol–water partition coefficient (Wildman–Crippen LogP) is 3.35. The van der Waals surface area contributed by atoms with Crippen molar-refractivity contribution in [2.45, 2.75) is 20.3 Å². The van der Waals surface area contributed by atoms with E-state index in [1.165, 1.54) is 0 Å². The van der Waals surface area contributed by atoms with E-state index in [1.807, 2.05) is 30.9 Å². The van der Waals surface area contributed by atoms with Crippen molar-refractivity contribution in [2.75, 3.05) is 43.5 Å². The third-order valence-corrected chi connectivity index (χ3v) is 4.88. The van der Waals surface area contributed by atoms with E-state index in [0.29, 0.717) is 30.9 Å². The second-order valence-electron chi connectivity index (χ2n) is 7.48. The van der Waals surface area contributed by atoms with Gasteiger partial charge in [0, 0.05) is 37.8 Å². The summed E-state index contributed by atoms with van der Waals surface area (Å²) in [6.07, 6.45) is 4.08. The lowest BCUT2D eigenvalue weighted by Crippen LogP contribution is -2.35.